The highest BCUT2D eigenvalue weighted by molar-refractivity contribution is 7.89. The van der Waals surface area contributed by atoms with Gasteiger partial charge in [0.2, 0.25) is 15.9 Å². The quantitative estimate of drug-likeness (QED) is 0.737. The van der Waals surface area contributed by atoms with E-state index < -0.39 is 16.1 Å². The molecule has 154 valence electrons. The van der Waals surface area contributed by atoms with E-state index in [1.807, 2.05) is 18.2 Å². The van der Waals surface area contributed by atoms with Gasteiger partial charge in [-0.15, -0.1) is 0 Å². The number of pyridine rings is 1. The fraction of sp³-hybridized carbons (Fsp3) is 0.400. The number of nitrogens with zero attached hydrogens (tertiary/aromatic N) is 4. The van der Waals surface area contributed by atoms with E-state index in [4.69, 9.17) is 11.6 Å². The normalized spacial score (nSPS) is 20.8. The summed E-state index contributed by atoms with van der Waals surface area (Å²) in [5.41, 5.74) is 0. The Hall–Kier alpha value is -2.16. The molecule has 1 unspecified atom stereocenters. The van der Waals surface area contributed by atoms with Crippen LogP contribution in [0, 0.1) is 0 Å². The first kappa shape index (κ1) is 20.1. The number of aromatic nitrogens is 1. The van der Waals surface area contributed by atoms with Gasteiger partial charge >= 0.3 is 0 Å². The Kier molecular flexibility index (Phi) is 5.76. The van der Waals surface area contributed by atoms with Crippen molar-refractivity contribution in [3.63, 3.8) is 0 Å². The number of anilines is 1. The highest BCUT2D eigenvalue weighted by Crippen LogP contribution is 2.28. The van der Waals surface area contributed by atoms with Crippen molar-refractivity contribution < 1.29 is 13.2 Å². The van der Waals surface area contributed by atoms with Crippen molar-refractivity contribution in [2.24, 2.45) is 0 Å². The van der Waals surface area contributed by atoms with E-state index in [2.05, 4.69) is 9.88 Å². The van der Waals surface area contributed by atoms with Crippen LogP contribution in [0.5, 0.6) is 0 Å². The minimum atomic E-state index is -3.74. The largest absolute Gasteiger partial charge is 0.353 e. The molecule has 2 aliphatic rings. The third-order valence-corrected chi connectivity index (χ3v) is 7.65. The molecule has 1 amide bonds. The molecule has 2 aliphatic heterocycles. The summed E-state index contributed by atoms with van der Waals surface area (Å²) in [6.45, 7) is 2.83. The molecule has 2 aromatic rings. The maximum Gasteiger partial charge on any atom is 0.243 e. The minimum absolute atomic E-state index is 0.110. The van der Waals surface area contributed by atoms with Crippen molar-refractivity contribution in [2.75, 3.05) is 37.6 Å². The van der Waals surface area contributed by atoms with E-state index in [1.165, 1.54) is 16.4 Å². The third-order valence-electron chi connectivity index (χ3n) is 5.47. The molecule has 1 atom stereocenters. The van der Waals surface area contributed by atoms with Crippen LogP contribution in [0.2, 0.25) is 5.02 Å². The van der Waals surface area contributed by atoms with Crippen molar-refractivity contribution >= 4 is 33.3 Å². The van der Waals surface area contributed by atoms with Crippen LogP contribution in [0.25, 0.3) is 0 Å². The molecule has 0 N–H and O–H groups in total. The number of sulfonamides is 1. The van der Waals surface area contributed by atoms with Gasteiger partial charge in [0.25, 0.3) is 0 Å². The zero-order valence-corrected chi connectivity index (χ0v) is 17.5. The van der Waals surface area contributed by atoms with Gasteiger partial charge in [-0.2, -0.15) is 4.31 Å². The monoisotopic (exact) mass is 434 g/mol. The van der Waals surface area contributed by atoms with E-state index in [-0.39, 0.29) is 10.8 Å². The van der Waals surface area contributed by atoms with Gasteiger partial charge in [-0.25, -0.2) is 13.4 Å². The number of carbonyl (C=O) groups excluding carboxylic acids is 1. The summed E-state index contributed by atoms with van der Waals surface area (Å²) in [5.74, 6) is 0.785. The second-order valence-electron chi connectivity index (χ2n) is 7.23. The molecule has 0 aliphatic carbocycles. The van der Waals surface area contributed by atoms with Gasteiger partial charge in [0.15, 0.2) is 0 Å². The second kappa shape index (κ2) is 8.30. The number of halogens is 1. The van der Waals surface area contributed by atoms with Crippen LogP contribution in [0.1, 0.15) is 12.8 Å². The van der Waals surface area contributed by atoms with Gasteiger partial charge in [-0.1, -0.05) is 17.7 Å². The molecular weight excluding hydrogens is 412 g/mol. The van der Waals surface area contributed by atoms with Gasteiger partial charge in [-0.05, 0) is 49.2 Å². The summed E-state index contributed by atoms with van der Waals surface area (Å²) in [7, 11) is -3.74. The van der Waals surface area contributed by atoms with Crippen LogP contribution >= 0.6 is 11.6 Å². The topological polar surface area (TPSA) is 73.8 Å². The Morgan fingerprint density at radius 2 is 1.72 bits per heavy atom. The van der Waals surface area contributed by atoms with Gasteiger partial charge < -0.3 is 9.80 Å². The lowest BCUT2D eigenvalue weighted by Gasteiger charge is -2.37. The summed E-state index contributed by atoms with van der Waals surface area (Å²) < 4.78 is 27.5. The van der Waals surface area contributed by atoms with Crippen molar-refractivity contribution in [3.05, 3.63) is 53.7 Å². The zero-order chi connectivity index (χ0) is 20.4. The molecule has 2 saturated heterocycles. The Labute approximate surface area is 175 Å². The summed E-state index contributed by atoms with van der Waals surface area (Å²) in [6.07, 6.45) is 2.98. The number of piperazine rings is 1. The predicted molar refractivity (Wildman–Crippen MR) is 111 cm³/mol. The maximum absolute atomic E-state index is 13.2. The molecule has 1 aromatic heterocycles. The maximum atomic E-state index is 13.2. The van der Waals surface area contributed by atoms with Crippen LogP contribution < -0.4 is 4.90 Å². The lowest BCUT2D eigenvalue weighted by Crippen LogP contribution is -2.54. The first-order chi connectivity index (χ1) is 14.0. The highest BCUT2D eigenvalue weighted by atomic mass is 35.5. The van der Waals surface area contributed by atoms with E-state index in [1.54, 1.807) is 23.2 Å². The van der Waals surface area contributed by atoms with E-state index in [9.17, 15) is 13.2 Å². The number of hydrogen-bond donors (Lipinski definition) is 0. The fourth-order valence-corrected chi connectivity index (χ4v) is 5.70. The first-order valence-corrected chi connectivity index (χ1v) is 11.5. The van der Waals surface area contributed by atoms with Gasteiger partial charge in [0.1, 0.15) is 11.9 Å². The molecule has 2 fully saturated rings. The fourth-order valence-electron chi connectivity index (χ4n) is 3.92. The smallest absolute Gasteiger partial charge is 0.243 e. The SMILES string of the molecule is O=C(C1CCCN1S(=O)(=O)c1ccc(Cl)cc1)N1CCN(c2ccccn2)CC1. The molecule has 0 bridgehead atoms. The van der Waals surface area contributed by atoms with E-state index in [0.29, 0.717) is 50.6 Å². The number of rotatable bonds is 4. The van der Waals surface area contributed by atoms with Crippen LogP contribution in [0.15, 0.2) is 53.6 Å². The Balaban J connectivity index is 1.45. The van der Waals surface area contributed by atoms with Gasteiger partial charge in [-0.3, -0.25) is 4.79 Å². The summed E-state index contributed by atoms with van der Waals surface area (Å²) in [5, 5.41) is 0.476. The van der Waals surface area contributed by atoms with Crippen molar-refractivity contribution in [3.8, 4) is 0 Å². The van der Waals surface area contributed by atoms with Crippen LogP contribution in [0.4, 0.5) is 5.82 Å². The number of hydrogen-bond acceptors (Lipinski definition) is 5. The number of carbonyl (C=O) groups is 1. The molecule has 7 nitrogen and oxygen atoms in total. The molecule has 3 heterocycles. The summed E-state index contributed by atoms with van der Waals surface area (Å²) in [6, 6.07) is 11.2. The summed E-state index contributed by atoms with van der Waals surface area (Å²) in [4.78, 5) is 21.6. The highest BCUT2D eigenvalue weighted by Gasteiger charge is 2.41. The molecule has 29 heavy (non-hydrogen) atoms. The average molecular weight is 435 g/mol. The Morgan fingerprint density at radius 1 is 1.00 bits per heavy atom. The molecule has 0 saturated carbocycles. The lowest BCUT2D eigenvalue weighted by atomic mass is 10.2. The van der Waals surface area contributed by atoms with Crippen molar-refractivity contribution in [1.29, 1.82) is 0 Å². The Morgan fingerprint density at radius 3 is 2.38 bits per heavy atom. The van der Waals surface area contributed by atoms with Crippen LogP contribution in [-0.4, -0.2) is 67.3 Å². The second-order valence-corrected chi connectivity index (χ2v) is 9.55. The summed E-state index contributed by atoms with van der Waals surface area (Å²) >= 11 is 5.88. The average Bonchev–Trinajstić information content (AvgIpc) is 3.25. The minimum Gasteiger partial charge on any atom is -0.353 e. The molecule has 0 radical (unpaired) electrons. The van der Waals surface area contributed by atoms with E-state index in [0.717, 1.165) is 5.82 Å². The predicted octanol–water partition coefficient (Wildman–Crippen LogP) is 2.24. The number of benzene rings is 1. The standard InChI is InChI=1S/C20H23ClN4O3S/c21-16-6-8-17(9-7-16)29(27,28)25-11-3-4-18(25)20(26)24-14-12-23(13-15-24)19-5-1-2-10-22-19/h1-2,5-10,18H,3-4,11-15H2. The molecular formula is C20H23ClN4O3S. The van der Waals surface area contributed by atoms with Crippen molar-refractivity contribution in [2.45, 2.75) is 23.8 Å². The van der Waals surface area contributed by atoms with E-state index >= 15 is 0 Å². The molecule has 1 aromatic carbocycles. The Bertz CT molecular complexity index is 961. The van der Waals surface area contributed by atoms with Gasteiger partial charge in [0.05, 0.1) is 4.90 Å². The van der Waals surface area contributed by atoms with Crippen molar-refractivity contribution in [1.82, 2.24) is 14.2 Å². The number of amides is 1. The molecule has 0 spiro atoms. The lowest BCUT2D eigenvalue weighted by molar-refractivity contribution is -0.134. The molecule has 9 heteroatoms. The molecule has 4 rings (SSSR count). The zero-order valence-electron chi connectivity index (χ0n) is 15.9. The van der Waals surface area contributed by atoms with Crippen LogP contribution in [-0.2, 0) is 14.8 Å². The van der Waals surface area contributed by atoms with Crippen LogP contribution in [0.3, 0.4) is 0 Å². The van der Waals surface area contributed by atoms with Gasteiger partial charge in [0, 0.05) is 43.9 Å². The third kappa shape index (κ3) is 4.10. The first-order valence-electron chi connectivity index (χ1n) is 9.69.